The zero-order chi connectivity index (χ0) is 21.3. The van der Waals surface area contributed by atoms with Crippen molar-refractivity contribution in [1.29, 1.82) is 0 Å². The van der Waals surface area contributed by atoms with Gasteiger partial charge in [-0.05, 0) is 35.4 Å². The summed E-state index contributed by atoms with van der Waals surface area (Å²) in [5.74, 6) is 0.795. The van der Waals surface area contributed by atoms with E-state index in [2.05, 4.69) is 32.6 Å². The molecular weight excluding hydrogens is 408 g/mol. The minimum Gasteiger partial charge on any atom is -0.493 e. The van der Waals surface area contributed by atoms with Crippen molar-refractivity contribution in [2.75, 3.05) is 12.4 Å². The Bertz CT molecular complexity index is 1140. The molecule has 7 heteroatoms. The molecule has 0 saturated heterocycles. The summed E-state index contributed by atoms with van der Waals surface area (Å²) in [7, 11) is 0. The number of hydrogen-bond donors (Lipinski definition) is 2. The number of benzene rings is 3. The monoisotopic (exact) mass is 430 g/mol. The number of nitrogens with one attached hydrogen (secondary N) is 2. The molecule has 0 aliphatic rings. The number of para-hydroxylation sites is 2. The van der Waals surface area contributed by atoms with Gasteiger partial charge in [-0.1, -0.05) is 66.4 Å². The SMILES string of the molecule is O=C(CSc1nc2ccccc2[nH]1)N/N=C/c1cccc(OCCc2ccccc2)c1. The zero-order valence-electron chi connectivity index (χ0n) is 16.8. The number of aromatic nitrogens is 2. The molecule has 2 N–H and O–H groups in total. The molecule has 6 nitrogen and oxygen atoms in total. The third-order valence-corrected chi connectivity index (χ3v) is 5.34. The van der Waals surface area contributed by atoms with Gasteiger partial charge in [0.2, 0.25) is 0 Å². The molecule has 0 saturated carbocycles. The molecule has 0 aliphatic heterocycles. The second-order valence-electron chi connectivity index (χ2n) is 6.80. The summed E-state index contributed by atoms with van der Waals surface area (Å²) in [6, 6.07) is 25.6. The van der Waals surface area contributed by atoms with Crippen LogP contribution in [-0.2, 0) is 11.2 Å². The maximum Gasteiger partial charge on any atom is 0.250 e. The molecule has 0 spiro atoms. The summed E-state index contributed by atoms with van der Waals surface area (Å²) in [4.78, 5) is 19.7. The van der Waals surface area contributed by atoms with E-state index in [1.54, 1.807) is 6.21 Å². The van der Waals surface area contributed by atoms with Crippen LogP contribution in [0.2, 0.25) is 0 Å². The highest BCUT2D eigenvalue weighted by Gasteiger charge is 2.06. The Hall–Kier alpha value is -3.58. The number of amides is 1. The third kappa shape index (κ3) is 6.20. The molecule has 156 valence electrons. The Balaban J connectivity index is 1.22. The Morgan fingerprint density at radius 1 is 1.06 bits per heavy atom. The first-order chi connectivity index (χ1) is 15.3. The number of hydrogen-bond acceptors (Lipinski definition) is 5. The van der Waals surface area contributed by atoms with E-state index in [0.717, 1.165) is 28.8 Å². The number of nitrogens with zero attached hydrogens (tertiary/aromatic N) is 2. The van der Waals surface area contributed by atoms with E-state index in [1.807, 2.05) is 66.7 Å². The van der Waals surface area contributed by atoms with Crippen LogP contribution in [0.5, 0.6) is 5.75 Å². The number of carbonyl (C=O) groups is 1. The Labute approximate surface area is 184 Å². The second kappa shape index (κ2) is 10.4. The van der Waals surface area contributed by atoms with Crippen LogP contribution in [0.4, 0.5) is 0 Å². The molecule has 0 aliphatic carbocycles. The van der Waals surface area contributed by atoms with E-state index in [1.165, 1.54) is 17.3 Å². The van der Waals surface area contributed by atoms with Crippen molar-refractivity contribution in [1.82, 2.24) is 15.4 Å². The first kappa shape index (κ1) is 20.7. The molecule has 31 heavy (non-hydrogen) atoms. The van der Waals surface area contributed by atoms with Gasteiger partial charge in [0.05, 0.1) is 29.6 Å². The van der Waals surface area contributed by atoms with Crippen LogP contribution < -0.4 is 10.2 Å². The number of imidazole rings is 1. The number of ether oxygens (including phenoxy) is 1. The van der Waals surface area contributed by atoms with Crippen LogP contribution in [0.25, 0.3) is 11.0 Å². The number of H-pyrrole nitrogens is 1. The van der Waals surface area contributed by atoms with Crippen LogP contribution in [-0.4, -0.2) is 34.4 Å². The highest BCUT2D eigenvalue weighted by Crippen LogP contribution is 2.18. The molecule has 1 aromatic heterocycles. The second-order valence-corrected chi connectivity index (χ2v) is 7.76. The Morgan fingerprint density at radius 3 is 2.77 bits per heavy atom. The fraction of sp³-hybridized carbons (Fsp3) is 0.125. The molecule has 1 heterocycles. The lowest BCUT2D eigenvalue weighted by molar-refractivity contribution is -0.118. The molecule has 4 rings (SSSR count). The predicted octanol–water partition coefficient (Wildman–Crippen LogP) is 4.43. The van der Waals surface area contributed by atoms with Crippen LogP contribution in [0.1, 0.15) is 11.1 Å². The van der Waals surface area contributed by atoms with E-state index in [0.29, 0.717) is 11.8 Å². The first-order valence-electron chi connectivity index (χ1n) is 9.92. The highest BCUT2D eigenvalue weighted by atomic mass is 32.2. The van der Waals surface area contributed by atoms with E-state index in [-0.39, 0.29) is 11.7 Å². The van der Waals surface area contributed by atoms with Crippen LogP contribution in [0.3, 0.4) is 0 Å². The number of hydrazone groups is 1. The van der Waals surface area contributed by atoms with Gasteiger partial charge in [0.25, 0.3) is 5.91 Å². The smallest absolute Gasteiger partial charge is 0.250 e. The average molecular weight is 431 g/mol. The molecule has 1 amide bonds. The van der Waals surface area contributed by atoms with Crippen LogP contribution in [0, 0.1) is 0 Å². The molecular formula is C24H22N4O2S. The van der Waals surface area contributed by atoms with Crippen molar-refractivity contribution >= 4 is 34.9 Å². The quantitative estimate of drug-likeness (QED) is 0.234. The molecule has 4 aromatic rings. The lowest BCUT2D eigenvalue weighted by Gasteiger charge is -2.07. The summed E-state index contributed by atoms with van der Waals surface area (Å²) in [5, 5.41) is 4.75. The topological polar surface area (TPSA) is 79.4 Å². The van der Waals surface area contributed by atoms with E-state index < -0.39 is 0 Å². The van der Waals surface area contributed by atoms with Gasteiger partial charge >= 0.3 is 0 Å². The summed E-state index contributed by atoms with van der Waals surface area (Å²) >= 11 is 1.34. The van der Waals surface area contributed by atoms with Gasteiger partial charge in [0, 0.05) is 6.42 Å². The number of rotatable bonds is 9. The number of aromatic amines is 1. The largest absolute Gasteiger partial charge is 0.493 e. The van der Waals surface area contributed by atoms with Gasteiger partial charge in [0.15, 0.2) is 5.16 Å². The van der Waals surface area contributed by atoms with Crippen molar-refractivity contribution in [2.24, 2.45) is 5.10 Å². The van der Waals surface area contributed by atoms with Gasteiger partial charge < -0.3 is 9.72 Å². The van der Waals surface area contributed by atoms with Crippen LogP contribution in [0.15, 0.2) is 89.1 Å². The highest BCUT2D eigenvalue weighted by molar-refractivity contribution is 7.99. The lowest BCUT2D eigenvalue weighted by atomic mass is 10.2. The summed E-state index contributed by atoms with van der Waals surface area (Å²) in [5.41, 5.74) is 6.47. The number of thioether (sulfide) groups is 1. The normalized spacial score (nSPS) is 11.1. The number of fused-ring (bicyclic) bond motifs is 1. The predicted molar refractivity (Wildman–Crippen MR) is 125 cm³/mol. The minimum absolute atomic E-state index is 0.197. The lowest BCUT2D eigenvalue weighted by Crippen LogP contribution is -2.19. The van der Waals surface area contributed by atoms with Crippen molar-refractivity contribution in [3.05, 3.63) is 90.0 Å². The Kier molecular flexibility index (Phi) is 6.97. The zero-order valence-corrected chi connectivity index (χ0v) is 17.6. The third-order valence-electron chi connectivity index (χ3n) is 4.47. The summed E-state index contributed by atoms with van der Waals surface area (Å²) < 4.78 is 5.83. The standard InChI is InChI=1S/C24H22N4O2S/c29-23(17-31-24-26-21-11-4-5-12-22(21)27-24)28-25-16-19-9-6-10-20(15-19)30-14-13-18-7-2-1-3-8-18/h1-12,15-16H,13-14,17H2,(H,26,27)(H,28,29)/b25-16+. The summed E-state index contributed by atoms with van der Waals surface area (Å²) in [6.07, 6.45) is 2.45. The fourth-order valence-corrected chi connectivity index (χ4v) is 3.64. The van der Waals surface area contributed by atoms with E-state index >= 15 is 0 Å². The first-order valence-corrected chi connectivity index (χ1v) is 10.9. The van der Waals surface area contributed by atoms with Crippen molar-refractivity contribution in [3.8, 4) is 5.75 Å². The maximum absolute atomic E-state index is 12.1. The maximum atomic E-state index is 12.1. The molecule has 0 atom stereocenters. The van der Waals surface area contributed by atoms with Gasteiger partial charge in [-0.3, -0.25) is 4.79 Å². The molecule has 0 fully saturated rings. The van der Waals surface area contributed by atoms with Crippen LogP contribution >= 0.6 is 11.8 Å². The molecule has 0 unspecified atom stereocenters. The van der Waals surface area contributed by atoms with E-state index in [9.17, 15) is 4.79 Å². The minimum atomic E-state index is -0.197. The van der Waals surface area contributed by atoms with Gasteiger partial charge in [-0.25, -0.2) is 10.4 Å². The average Bonchev–Trinajstić information content (AvgIpc) is 3.22. The van der Waals surface area contributed by atoms with Crippen molar-refractivity contribution in [2.45, 2.75) is 11.6 Å². The van der Waals surface area contributed by atoms with Gasteiger partial charge in [-0.2, -0.15) is 5.10 Å². The van der Waals surface area contributed by atoms with Gasteiger partial charge in [0.1, 0.15) is 5.75 Å². The van der Waals surface area contributed by atoms with Crippen molar-refractivity contribution in [3.63, 3.8) is 0 Å². The fourth-order valence-electron chi connectivity index (χ4n) is 2.96. The van der Waals surface area contributed by atoms with Gasteiger partial charge in [-0.15, -0.1) is 0 Å². The molecule has 3 aromatic carbocycles. The summed E-state index contributed by atoms with van der Waals surface area (Å²) in [6.45, 7) is 0.598. The van der Waals surface area contributed by atoms with E-state index in [4.69, 9.17) is 4.74 Å². The Morgan fingerprint density at radius 2 is 1.90 bits per heavy atom. The molecule has 0 radical (unpaired) electrons. The van der Waals surface area contributed by atoms with Crippen molar-refractivity contribution < 1.29 is 9.53 Å². The number of carbonyl (C=O) groups excluding carboxylic acids is 1. The molecule has 0 bridgehead atoms.